The molecule has 0 saturated heterocycles. The van der Waals surface area contributed by atoms with E-state index in [1.165, 1.54) is 0 Å². The molecule has 1 N–H and O–H groups in total. The van der Waals surface area contributed by atoms with Gasteiger partial charge in [-0.1, -0.05) is 18.2 Å². The average molecular weight is 325 g/mol. The minimum atomic E-state index is -0.159. The molecule has 3 aromatic rings. The number of furan rings is 1. The van der Waals surface area contributed by atoms with Crippen LogP contribution in [0.2, 0.25) is 0 Å². The standard InChI is InChI=1S/C18H19N3O3/c1-13(14-6-3-4-7-16(14)23-2)19-18(22)12-21-10-9-15(20-21)17-8-5-11-24-17/h3-11,13H,12H2,1-2H3,(H,19,22)/t13-/m1/s1. The number of hydrogen-bond donors (Lipinski definition) is 1. The lowest BCUT2D eigenvalue weighted by Gasteiger charge is -2.17. The van der Waals surface area contributed by atoms with Crippen LogP contribution in [0.3, 0.4) is 0 Å². The number of aromatic nitrogens is 2. The van der Waals surface area contributed by atoms with Gasteiger partial charge in [0.25, 0.3) is 0 Å². The molecule has 6 heteroatoms. The summed E-state index contributed by atoms with van der Waals surface area (Å²) in [5.74, 6) is 1.31. The van der Waals surface area contributed by atoms with E-state index in [2.05, 4.69) is 10.4 Å². The summed E-state index contributed by atoms with van der Waals surface area (Å²) in [4.78, 5) is 12.3. The molecule has 0 fully saturated rings. The van der Waals surface area contributed by atoms with Gasteiger partial charge in [0.15, 0.2) is 5.76 Å². The highest BCUT2D eigenvalue weighted by Gasteiger charge is 2.14. The van der Waals surface area contributed by atoms with E-state index in [0.717, 1.165) is 11.3 Å². The fourth-order valence-electron chi connectivity index (χ4n) is 2.54. The number of para-hydroxylation sites is 1. The van der Waals surface area contributed by atoms with Crippen LogP contribution in [-0.4, -0.2) is 22.8 Å². The van der Waals surface area contributed by atoms with Gasteiger partial charge < -0.3 is 14.5 Å². The fourth-order valence-corrected chi connectivity index (χ4v) is 2.54. The molecule has 0 unspecified atom stereocenters. The number of methoxy groups -OCH3 is 1. The first-order valence-corrected chi connectivity index (χ1v) is 7.67. The molecular formula is C18H19N3O3. The van der Waals surface area contributed by atoms with Crippen LogP contribution in [0.25, 0.3) is 11.5 Å². The van der Waals surface area contributed by atoms with Crippen LogP contribution in [0, 0.1) is 0 Å². The maximum absolute atomic E-state index is 12.3. The third kappa shape index (κ3) is 3.48. The molecule has 24 heavy (non-hydrogen) atoms. The van der Waals surface area contributed by atoms with E-state index in [1.807, 2.05) is 43.3 Å². The van der Waals surface area contributed by atoms with Crippen molar-refractivity contribution in [3.8, 4) is 17.2 Å². The summed E-state index contributed by atoms with van der Waals surface area (Å²) >= 11 is 0. The second-order valence-corrected chi connectivity index (χ2v) is 5.41. The zero-order chi connectivity index (χ0) is 16.9. The van der Waals surface area contributed by atoms with Crippen molar-refractivity contribution in [2.75, 3.05) is 7.11 Å². The Hall–Kier alpha value is -3.02. The molecule has 0 radical (unpaired) electrons. The molecule has 1 aromatic carbocycles. The first kappa shape index (κ1) is 15.9. The van der Waals surface area contributed by atoms with E-state index in [-0.39, 0.29) is 18.5 Å². The molecule has 0 aliphatic carbocycles. The lowest BCUT2D eigenvalue weighted by atomic mass is 10.1. The fraction of sp³-hybridized carbons (Fsp3) is 0.222. The maximum Gasteiger partial charge on any atom is 0.242 e. The highest BCUT2D eigenvalue weighted by atomic mass is 16.5. The Morgan fingerprint density at radius 3 is 2.88 bits per heavy atom. The smallest absolute Gasteiger partial charge is 0.242 e. The van der Waals surface area contributed by atoms with Crippen LogP contribution in [0.15, 0.2) is 59.3 Å². The van der Waals surface area contributed by atoms with E-state index in [4.69, 9.17) is 9.15 Å². The lowest BCUT2D eigenvalue weighted by Crippen LogP contribution is -2.30. The van der Waals surface area contributed by atoms with Crippen molar-refractivity contribution in [2.24, 2.45) is 0 Å². The Kier molecular flexibility index (Phi) is 4.65. The minimum absolute atomic E-state index is 0.123. The van der Waals surface area contributed by atoms with Gasteiger partial charge in [-0.15, -0.1) is 0 Å². The first-order valence-electron chi connectivity index (χ1n) is 7.67. The SMILES string of the molecule is COc1ccccc1[C@@H](C)NC(=O)Cn1ccc(-c2ccco2)n1. The van der Waals surface area contributed by atoms with Crippen molar-refractivity contribution in [3.63, 3.8) is 0 Å². The number of ether oxygens (including phenoxy) is 1. The number of nitrogens with zero attached hydrogens (tertiary/aromatic N) is 2. The van der Waals surface area contributed by atoms with Gasteiger partial charge in [0.05, 0.1) is 19.4 Å². The molecule has 1 atom stereocenters. The number of benzene rings is 1. The summed E-state index contributed by atoms with van der Waals surface area (Å²) in [6, 6.07) is 12.9. The van der Waals surface area contributed by atoms with Gasteiger partial charge in [0.1, 0.15) is 18.0 Å². The Morgan fingerprint density at radius 1 is 1.29 bits per heavy atom. The van der Waals surface area contributed by atoms with Crippen LogP contribution in [0.1, 0.15) is 18.5 Å². The summed E-state index contributed by atoms with van der Waals surface area (Å²) in [5.41, 5.74) is 1.63. The van der Waals surface area contributed by atoms with Crippen molar-refractivity contribution >= 4 is 5.91 Å². The van der Waals surface area contributed by atoms with Gasteiger partial charge in [-0.25, -0.2) is 0 Å². The van der Waals surface area contributed by atoms with E-state index >= 15 is 0 Å². The maximum atomic E-state index is 12.3. The van der Waals surface area contributed by atoms with E-state index in [1.54, 1.807) is 30.3 Å². The molecule has 0 saturated carbocycles. The molecule has 2 aromatic heterocycles. The normalized spacial score (nSPS) is 11.9. The Labute approximate surface area is 140 Å². The predicted octanol–water partition coefficient (Wildman–Crippen LogP) is 3.03. The molecule has 0 aliphatic rings. The van der Waals surface area contributed by atoms with Crippen LogP contribution in [0.4, 0.5) is 0 Å². The zero-order valence-corrected chi connectivity index (χ0v) is 13.6. The van der Waals surface area contributed by atoms with Crippen molar-refractivity contribution in [1.82, 2.24) is 15.1 Å². The van der Waals surface area contributed by atoms with E-state index < -0.39 is 0 Å². The number of hydrogen-bond acceptors (Lipinski definition) is 4. The quantitative estimate of drug-likeness (QED) is 0.756. The van der Waals surface area contributed by atoms with Gasteiger partial charge in [-0.05, 0) is 31.2 Å². The molecule has 0 bridgehead atoms. The third-order valence-electron chi connectivity index (χ3n) is 3.70. The molecule has 124 valence electrons. The van der Waals surface area contributed by atoms with Gasteiger partial charge in [-0.2, -0.15) is 5.10 Å². The van der Waals surface area contributed by atoms with Gasteiger partial charge in [0, 0.05) is 11.8 Å². The number of rotatable bonds is 6. The number of carbonyl (C=O) groups excluding carboxylic acids is 1. The van der Waals surface area contributed by atoms with Crippen LogP contribution in [-0.2, 0) is 11.3 Å². The van der Waals surface area contributed by atoms with Gasteiger partial charge in [0.2, 0.25) is 5.91 Å². The Morgan fingerprint density at radius 2 is 2.12 bits per heavy atom. The molecule has 0 aliphatic heterocycles. The van der Waals surface area contributed by atoms with Crippen molar-refractivity contribution in [3.05, 3.63) is 60.5 Å². The first-order chi connectivity index (χ1) is 11.7. The van der Waals surface area contributed by atoms with E-state index in [0.29, 0.717) is 11.5 Å². The summed E-state index contributed by atoms with van der Waals surface area (Å²) in [6.07, 6.45) is 3.35. The molecule has 1 amide bonds. The minimum Gasteiger partial charge on any atom is -0.496 e. The largest absolute Gasteiger partial charge is 0.496 e. The predicted molar refractivity (Wildman–Crippen MR) is 89.5 cm³/mol. The monoisotopic (exact) mass is 325 g/mol. The Balaban J connectivity index is 1.63. The van der Waals surface area contributed by atoms with Crippen LogP contribution >= 0.6 is 0 Å². The molecule has 0 spiro atoms. The van der Waals surface area contributed by atoms with Crippen LogP contribution < -0.4 is 10.1 Å². The summed E-state index contributed by atoms with van der Waals surface area (Å²) in [6.45, 7) is 2.06. The van der Waals surface area contributed by atoms with Crippen molar-refractivity contribution in [1.29, 1.82) is 0 Å². The Bertz CT molecular complexity index is 809. The van der Waals surface area contributed by atoms with Gasteiger partial charge >= 0.3 is 0 Å². The van der Waals surface area contributed by atoms with Gasteiger partial charge in [-0.3, -0.25) is 9.48 Å². The van der Waals surface area contributed by atoms with Crippen molar-refractivity contribution < 1.29 is 13.9 Å². The third-order valence-corrected chi connectivity index (χ3v) is 3.70. The second-order valence-electron chi connectivity index (χ2n) is 5.41. The summed E-state index contributed by atoms with van der Waals surface area (Å²) < 4.78 is 12.2. The molecule has 2 heterocycles. The summed E-state index contributed by atoms with van der Waals surface area (Å²) in [7, 11) is 1.62. The molecular weight excluding hydrogens is 306 g/mol. The number of nitrogens with one attached hydrogen (secondary N) is 1. The number of amides is 1. The summed E-state index contributed by atoms with van der Waals surface area (Å²) in [5, 5.41) is 7.30. The number of carbonyl (C=O) groups is 1. The lowest BCUT2D eigenvalue weighted by molar-refractivity contribution is -0.122. The van der Waals surface area contributed by atoms with E-state index in [9.17, 15) is 4.79 Å². The second kappa shape index (κ2) is 7.04. The average Bonchev–Trinajstić information content (AvgIpc) is 3.25. The molecule has 3 rings (SSSR count). The topological polar surface area (TPSA) is 69.3 Å². The molecule has 6 nitrogen and oxygen atoms in total. The zero-order valence-electron chi connectivity index (χ0n) is 13.6. The van der Waals surface area contributed by atoms with Crippen molar-refractivity contribution in [2.45, 2.75) is 19.5 Å². The van der Waals surface area contributed by atoms with Crippen LogP contribution in [0.5, 0.6) is 5.75 Å². The highest BCUT2D eigenvalue weighted by Crippen LogP contribution is 2.24. The highest BCUT2D eigenvalue weighted by molar-refractivity contribution is 5.76.